The van der Waals surface area contributed by atoms with E-state index >= 15 is 0 Å². The lowest BCUT2D eigenvalue weighted by Gasteiger charge is -2.17. The summed E-state index contributed by atoms with van der Waals surface area (Å²) >= 11 is 0. The Morgan fingerprint density at radius 1 is 1.18 bits per heavy atom. The number of rotatable bonds is 0. The predicted octanol–water partition coefficient (Wildman–Crippen LogP) is -0.665. The molecule has 6 nitrogen and oxygen atoms in total. The first-order valence-corrected chi connectivity index (χ1v) is 4.21. The molecule has 0 atom stereocenters. The van der Waals surface area contributed by atoms with Crippen LogP contribution in [0.2, 0.25) is 0 Å². The molecule has 1 heterocycles. The first kappa shape index (κ1) is 8.23. The van der Waals surface area contributed by atoms with E-state index < -0.39 is 19.8 Å². The molecule has 11 heavy (non-hydrogen) atoms. The number of hydrogen-bond acceptors (Lipinski definition) is 6. The molecule has 1 saturated heterocycles. The second-order valence-electron chi connectivity index (χ2n) is 1.87. The van der Waals surface area contributed by atoms with Crippen LogP contribution in [0.1, 0.15) is 12.8 Å². The molecule has 0 aliphatic carbocycles. The van der Waals surface area contributed by atoms with Gasteiger partial charge in [0.25, 0.3) is 0 Å². The molecule has 0 spiro atoms. The molecule has 0 aromatic carbocycles. The minimum Gasteiger partial charge on any atom is -0.736 e. The quantitative estimate of drug-likeness (QED) is 0.458. The van der Waals surface area contributed by atoms with Crippen LogP contribution in [-0.4, -0.2) is 11.9 Å². The van der Waals surface area contributed by atoms with Crippen molar-refractivity contribution in [3.05, 3.63) is 0 Å². The van der Waals surface area contributed by atoms with Crippen LogP contribution < -0.4 is 4.89 Å². The van der Waals surface area contributed by atoms with E-state index in [9.17, 15) is 19.0 Å². The smallest absolute Gasteiger partial charge is 0.376 e. The molecular formula is C4H4O6P-. The van der Waals surface area contributed by atoms with E-state index in [4.69, 9.17) is 0 Å². The van der Waals surface area contributed by atoms with E-state index in [1.165, 1.54) is 0 Å². The SMILES string of the molecule is O=C1CCC(=O)OP(=O)([O-])O1. The van der Waals surface area contributed by atoms with Crippen molar-refractivity contribution in [2.75, 3.05) is 0 Å². The average Bonchev–Trinajstić information content (AvgIpc) is 1.89. The topological polar surface area (TPSA) is 92.7 Å². The Balaban J connectivity index is 2.79. The third kappa shape index (κ3) is 2.32. The fourth-order valence-electron chi connectivity index (χ4n) is 0.563. The fourth-order valence-corrected chi connectivity index (χ4v) is 1.28. The average molecular weight is 179 g/mol. The molecule has 0 aromatic heterocycles. The maximum absolute atomic E-state index is 10.4. The molecule has 1 rings (SSSR count). The lowest BCUT2D eigenvalue weighted by atomic mass is 10.3. The zero-order valence-corrected chi connectivity index (χ0v) is 6.21. The molecule has 1 aliphatic rings. The van der Waals surface area contributed by atoms with Crippen LogP contribution in [0.4, 0.5) is 0 Å². The van der Waals surface area contributed by atoms with E-state index in [1.54, 1.807) is 0 Å². The number of carbonyl (C=O) groups is 2. The van der Waals surface area contributed by atoms with Crippen molar-refractivity contribution in [3.8, 4) is 0 Å². The Labute approximate surface area is 61.7 Å². The zero-order chi connectivity index (χ0) is 8.48. The molecule has 7 heteroatoms. The van der Waals surface area contributed by atoms with E-state index in [1.807, 2.05) is 0 Å². The van der Waals surface area contributed by atoms with Gasteiger partial charge in [-0.2, -0.15) is 0 Å². The third-order valence-electron chi connectivity index (χ3n) is 0.960. The minimum absolute atomic E-state index is 0.259. The first-order valence-electron chi connectivity index (χ1n) is 2.75. The molecule has 1 aliphatic heterocycles. The molecule has 0 bridgehead atoms. The Bertz CT molecular complexity index is 223. The van der Waals surface area contributed by atoms with Crippen molar-refractivity contribution in [1.29, 1.82) is 0 Å². The van der Waals surface area contributed by atoms with Gasteiger partial charge in [-0.1, -0.05) is 0 Å². The monoisotopic (exact) mass is 179 g/mol. The summed E-state index contributed by atoms with van der Waals surface area (Å²) in [6.07, 6.45) is -0.518. The molecule has 0 radical (unpaired) electrons. The summed E-state index contributed by atoms with van der Waals surface area (Å²) < 4.78 is 18.0. The molecule has 0 unspecified atom stereocenters. The van der Waals surface area contributed by atoms with Gasteiger partial charge in [0.2, 0.25) is 0 Å². The summed E-state index contributed by atoms with van der Waals surface area (Å²) in [5, 5.41) is 0. The molecular weight excluding hydrogens is 175 g/mol. The van der Waals surface area contributed by atoms with Gasteiger partial charge in [-0.15, -0.1) is 0 Å². The van der Waals surface area contributed by atoms with Crippen LogP contribution in [0.25, 0.3) is 0 Å². The van der Waals surface area contributed by atoms with Gasteiger partial charge in [-0.05, 0) is 0 Å². The van der Waals surface area contributed by atoms with Crippen LogP contribution in [-0.2, 0) is 23.2 Å². The number of hydrogen-bond donors (Lipinski definition) is 0. The summed E-state index contributed by atoms with van der Waals surface area (Å²) in [5.41, 5.74) is 0. The molecule has 0 amide bonds. The highest BCUT2D eigenvalue weighted by Gasteiger charge is 2.25. The Hall–Kier alpha value is -0.870. The van der Waals surface area contributed by atoms with Crippen molar-refractivity contribution >= 4 is 19.8 Å². The number of carbonyl (C=O) groups excluding carboxylic acids is 2. The summed E-state index contributed by atoms with van der Waals surface area (Å²) in [7, 11) is -4.69. The Kier molecular flexibility index (Phi) is 1.97. The second-order valence-corrected chi connectivity index (χ2v) is 3.13. The number of phosphoric acid groups is 1. The lowest BCUT2D eigenvalue weighted by Crippen LogP contribution is -2.10. The molecule has 0 saturated carbocycles. The van der Waals surface area contributed by atoms with Crippen LogP contribution >= 0.6 is 7.82 Å². The maximum atomic E-state index is 10.4. The zero-order valence-electron chi connectivity index (χ0n) is 5.31. The van der Waals surface area contributed by atoms with Gasteiger partial charge in [0.1, 0.15) is 0 Å². The molecule has 62 valence electrons. The van der Waals surface area contributed by atoms with Crippen LogP contribution in [0.5, 0.6) is 0 Å². The third-order valence-corrected chi connectivity index (χ3v) is 1.81. The second kappa shape index (κ2) is 2.64. The van der Waals surface area contributed by atoms with Gasteiger partial charge < -0.3 is 13.9 Å². The summed E-state index contributed by atoms with van der Waals surface area (Å²) in [6, 6.07) is 0. The van der Waals surface area contributed by atoms with E-state index in [-0.39, 0.29) is 12.8 Å². The van der Waals surface area contributed by atoms with Gasteiger partial charge in [0.15, 0.2) is 0 Å². The van der Waals surface area contributed by atoms with Crippen molar-refractivity contribution in [2.45, 2.75) is 12.8 Å². The van der Waals surface area contributed by atoms with Gasteiger partial charge >= 0.3 is 19.8 Å². The molecule has 1 fully saturated rings. The van der Waals surface area contributed by atoms with E-state index in [0.717, 1.165) is 0 Å². The minimum atomic E-state index is -4.69. The maximum Gasteiger partial charge on any atom is 0.376 e. The van der Waals surface area contributed by atoms with Gasteiger partial charge in [-0.25, -0.2) is 4.57 Å². The van der Waals surface area contributed by atoms with E-state index in [2.05, 4.69) is 9.05 Å². The Morgan fingerprint density at radius 2 is 1.55 bits per heavy atom. The van der Waals surface area contributed by atoms with E-state index in [0.29, 0.717) is 0 Å². The molecule has 0 aromatic rings. The van der Waals surface area contributed by atoms with Crippen molar-refractivity contribution in [3.63, 3.8) is 0 Å². The van der Waals surface area contributed by atoms with Crippen molar-refractivity contribution < 1.29 is 28.1 Å². The summed E-state index contributed by atoms with van der Waals surface area (Å²) in [4.78, 5) is 31.3. The van der Waals surface area contributed by atoms with Crippen LogP contribution in [0, 0.1) is 0 Å². The normalized spacial score (nSPS) is 23.4. The van der Waals surface area contributed by atoms with Gasteiger partial charge in [-0.3, -0.25) is 9.59 Å². The summed E-state index contributed by atoms with van der Waals surface area (Å²) in [5.74, 6) is -1.93. The highest BCUT2D eigenvalue weighted by atomic mass is 31.2. The van der Waals surface area contributed by atoms with Crippen molar-refractivity contribution in [2.24, 2.45) is 0 Å². The molecule has 0 N–H and O–H groups in total. The standard InChI is InChI=1S/C4H5O6P/c5-3-1-2-4(6)10-11(7,8)9-3/h1-2H2,(H,7,8)/p-1. The number of phosphoric ester groups is 1. The Morgan fingerprint density at radius 3 is 1.91 bits per heavy atom. The van der Waals surface area contributed by atoms with Gasteiger partial charge in [0, 0.05) is 0 Å². The summed E-state index contributed by atoms with van der Waals surface area (Å²) in [6.45, 7) is 0. The van der Waals surface area contributed by atoms with Gasteiger partial charge in [0.05, 0.1) is 12.8 Å². The fraction of sp³-hybridized carbons (Fsp3) is 0.500. The lowest BCUT2D eigenvalue weighted by molar-refractivity contribution is -0.221. The van der Waals surface area contributed by atoms with Crippen molar-refractivity contribution in [1.82, 2.24) is 0 Å². The predicted molar refractivity (Wildman–Crippen MR) is 29.0 cm³/mol. The van der Waals surface area contributed by atoms with Crippen LogP contribution in [0.3, 0.4) is 0 Å². The first-order chi connectivity index (χ1) is 4.99. The largest absolute Gasteiger partial charge is 0.736 e. The highest BCUT2D eigenvalue weighted by Crippen LogP contribution is 2.41. The van der Waals surface area contributed by atoms with Crippen LogP contribution in [0.15, 0.2) is 0 Å². The highest BCUT2D eigenvalue weighted by molar-refractivity contribution is 7.47.